The van der Waals surface area contributed by atoms with Crippen LogP contribution in [0.1, 0.15) is 26.2 Å². The van der Waals surface area contributed by atoms with Gasteiger partial charge in [0.05, 0.1) is 5.69 Å². The highest BCUT2D eigenvalue weighted by Gasteiger charge is 2.08. The average Bonchev–Trinajstić information content (AvgIpc) is 2.88. The van der Waals surface area contributed by atoms with E-state index in [1.54, 1.807) is 11.3 Å². The molecule has 0 aliphatic rings. The van der Waals surface area contributed by atoms with Gasteiger partial charge in [-0.25, -0.2) is 4.98 Å². The van der Waals surface area contributed by atoms with Crippen molar-refractivity contribution in [2.75, 3.05) is 5.32 Å². The average molecular weight is 290 g/mol. The molecule has 1 heterocycles. The molecule has 1 aromatic carbocycles. The third kappa shape index (κ3) is 4.35. The summed E-state index contributed by atoms with van der Waals surface area (Å²) in [6.07, 6.45) is 1.73. The Morgan fingerprint density at radius 1 is 1.40 bits per heavy atom. The fourth-order valence-electron chi connectivity index (χ4n) is 1.92. The largest absolute Gasteiger partial charge is 0.481 e. The minimum Gasteiger partial charge on any atom is -0.481 e. The van der Waals surface area contributed by atoms with Gasteiger partial charge >= 0.3 is 5.97 Å². The number of carbonyl (C=O) groups is 1. The molecule has 1 unspecified atom stereocenters. The Kier molecular flexibility index (Phi) is 5.12. The second-order valence-electron chi connectivity index (χ2n) is 4.74. The fourth-order valence-corrected chi connectivity index (χ4v) is 2.76. The number of aliphatic carboxylic acids is 1. The Hall–Kier alpha value is -1.88. The van der Waals surface area contributed by atoms with Gasteiger partial charge < -0.3 is 10.4 Å². The SMILES string of the molecule is CC(CCCC(=O)O)Nc1nc(-c2ccccc2)cs1. The zero-order valence-electron chi connectivity index (χ0n) is 11.4. The molecule has 0 aliphatic heterocycles. The number of carboxylic acids is 1. The van der Waals surface area contributed by atoms with E-state index in [-0.39, 0.29) is 12.5 Å². The van der Waals surface area contributed by atoms with E-state index in [0.717, 1.165) is 22.8 Å². The Morgan fingerprint density at radius 3 is 2.85 bits per heavy atom. The molecule has 2 rings (SSSR count). The van der Waals surface area contributed by atoms with Crippen LogP contribution in [0, 0.1) is 0 Å². The zero-order valence-corrected chi connectivity index (χ0v) is 12.2. The lowest BCUT2D eigenvalue weighted by molar-refractivity contribution is -0.137. The first-order valence-corrected chi connectivity index (χ1v) is 7.52. The van der Waals surface area contributed by atoms with Crippen molar-refractivity contribution in [2.45, 2.75) is 32.2 Å². The van der Waals surface area contributed by atoms with Gasteiger partial charge in [-0.05, 0) is 19.8 Å². The van der Waals surface area contributed by atoms with Gasteiger partial charge in [-0.1, -0.05) is 30.3 Å². The summed E-state index contributed by atoms with van der Waals surface area (Å²) in [5.74, 6) is -0.738. The first-order valence-electron chi connectivity index (χ1n) is 6.64. The number of thiazole rings is 1. The van der Waals surface area contributed by atoms with E-state index in [4.69, 9.17) is 5.11 Å². The van der Waals surface area contributed by atoms with Crippen molar-refractivity contribution in [1.82, 2.24) is 4.98 Å². The first-order chi connectivity index (χ1) is 9.65. The van der Waals surface area contributed by atoms with Crippen molar-refractivity contribution in [3.8, 4) is 11.3 Å². The number of aromatic nitrogens is 1. The standard InChI is InChI=1S/C15H18N2O2S/c1-11(6-5-9-14(18)19)16-15-17-13(10-20-15)12-7-3-2-4-8-12/h2-4,7-8,10-11H,5-6,9H2,1H3,(H,16,17)(H,18,19). The minimum absolute atomic E-state index is 0.221. The maximum atomic E-state index is 10.5. The molecule has 0 spiro atoms. The molecule has 106 valence electrons. The second-order valence-corrected chi connectivity index (χ2v) is 5.59. The molecule has 2 N–H and O–H groups in total. The molecule has 1 atom stereocenters. The van der Waals surface area contributed by atoms with Crippen LogP contribution in [0.2, 0.25) is 0 Å². The van der Waals surface area contributed by atoms with Crippen LogP contribution in [-0.4, -0.2) is 22.1 Å². The highest BCUT2D eigenvalue weighted by atomic mass is 32.1. The highest BCUT2D eigenvalue weighted by Crippen LogP contribution is 2.25. The molecule has 0 bridgehead atoms. The van der Waals surface area contributed by atoms with Crippen molar-refractivity contribution in [3.05, 3.63) is 35.7 Å². The lowest BCUT2D eigenvalue weighted by Gasteiger charge is -2.11. The molecule has 0 radical (unpaired) electrons. The van der Waals surface area contributed by atoms with Crippen LogP contribution in [0.3, 0.4) is 0 Å². The number of anilines is 1. The van der Waals surface area contributed by atoms with E-state index < -0.39 is 5.97 Å². The van der Waals surface area contributed by atoms with Crippen LogP contribution in [-0.2, 0) is 4.79 Å². The second kappa shape index (κ2) is 7.05. The topological polar surface area (TPSA) is 62.2 Å². The maximum absolute atomic E-state index is 10.5. The van der Waals surface area contributed by atoms with Gasteiger partial charge in [0.1, 0.15) is 0 Å². The summed E-state index contributed by atoms with van der Waals surface area (Å²) in [5.41, 5.74) is 2.08. The van der Waals surface area contributed by atoms with Gasteiger partial charge in [-0.2, -0.15) is 0 Å². The summed E-state index contributed by atoms with van der Waals surface area (Å²) < 4.78 is 0. The lowest BCUT2D eigenvalue weighted by atomic mass is 10.1. The molecule has 0 saturated carbocycles. The van der Waals surface area contributed by atoms with E-state index in [0.29, 0.717) is 6.42 Å². The van der Waals surface area contributed by atoms with Gasteiger partial charge in [0, 0.05) is 23.4 Å². The van der Waals surface area contributed by atoms with Crippen LogP contribution in [0.25, 0.3) is 11.3 Å². The molecular weight excluding hydrogens is 272 g/mol. The summed E-state index contributed by atoms with van der Waals surface area (Å²) in [5, 5.41) is 14.8. The van der Waals surface area contributed by atoms with Gasteiger partial charge in [-0.15, -0.1) is 11.3 Å². The van der Waals surface area contributed by atoms with Crippen molar-refractivity contribution in [3.63, 3.8) is 0 Å². The Bertz CT molecular complexity index is 554. The van der Waals surface area contributed by atoms with Gasteiger partial charge in [-0.3, -0.25) is 4.79 Å². The molecule has 0 amide bonds. The number of rotatable bonds is 7. The predicted molar refractivity (Wildman–Crippen MR) is 82.1 cm³/mol. The van der Waals surface area contributed by atoms with Crippen molar-refractivity contribution < 1.29 is 9.90 Å². The third-order valence-electron chi connectivity index (χ3n) is 2.97. The number of benzene rings is 1. The van der Waals surface area contributed by atoms with Crippen LogP contribution in [0.5, 0.6) is 0 Å². The van der Waals surface area contributed by atoms with Crippen LogP contribution in [0.15, 0.2) is 35.7 Å². The van der Waals surface area contributed by atoms with Crippen LogP contribution >= 0.6 is 11.3 Å². The molecule has 1 aromatic heterocycles. The smallest absolute Gasteiger partial charge is 0.303 e. The van der Waals surface area contributed by atoms with Crippen LogP contribution < -0.4 is 5.32 Å². The predicted octanol–water partition coefficient (Wildman–Crippen LogP) is 3.87. The maximum Gasteiger partial charge on any atom is 0.303 e. The zero-order chi connectivity index (χ0) is 14.4. The normalized spacial score (nSPS) is 12.1. The molecule has 0 fully saturated rings. The van der Waals surface area contributed by atoms with Gasteiger partial charge in [0.2, 0.25) is 0 Å². The first kappa shape index (κ1) is 14.5. The summed E-state index contributed by atoms with van der Waals surface area (Å²) in [4.78, 5) is 15.0. The van der Waals surface area contributed by atoms with Crippen molar-refractivity contribution in [2.24, 2.45) is 0 Å². The molecule has 0 saturated heterocycles. The Labute approximate surface area is 122 Å². The van der Waals surface area contributed by atoms with E-state index in [9.17, 15) is 4.79 Å². The highest BCUT2D eigenvalue weighted by molar-refractivity contribution is 7.14. The van der Waals surface area contributed by atoms with E-state index in [1.807, 2.05) is 42.6 Å². The number of carboxylic acid groups (broad SMARTS) is 1. The van der Waals surface area contributed by atoms with Crippen molar-refractivity contribution >= 4 is 22.4 Å². The van der Waals surface area contributed by atoms with E-state index in [1.165, 1.54) is 0 Å². The van der Waals surface area contributed by atoms with Gasteiger partial charge in [0.25, 0.3) is 0 Å². The Morgan fingerprint density at radius 2 is 2.15 bits per heavy atom. The number of hydrogen-bond donors (Lipinski definition) is 2. The molecule has 0 aliphatic carbocycles. The fraction of sp³-hybridized carbons (Fsp3) is 0.333. The van der Waals surface area contributed by atoms with E-state index in [2.05, 4.69) is 10.3 Å². The summed E-state index contributed by atoms with van der Waals surface area (Å²) in [6, 6.07) is 10.3. The number of hydrogen-bond acceptors (Lipinski definition) is 4. The molecule has 20 heavy (non-hydrogen) atoms. The van der Waals surface area contributed by atoms with E-state index >= 15 is 0 Å². The molecule has 2 aromatic rings. The monoisotopic (exact) mass is 290 g/mol. The van der Waals surface area contributed by atoms with Crippen molar-refractivity contribution in [1.29, 1.82) is 0 Å². The number of nitrogens with one attached hydrogen (secondary N) is 1. The summed E-state index contributed by atoms with van der Waals surface area (Å²) in [7, 11) is 0. The minimum atomic E-state index is -0.738. The molecule has 5 heteroatoms. The molecular formula is C15H18N2O2S. The summed E-state index contributed by atoms with van der Waals surface area (Å²) in [6.45, 7) is 2.05. The lowest BCUT2D eigenvalue weighted by Crippen LogP contribution is -2.15. The molecule has 4 nitrogen and oxygen atoms in total. The number of nitrogens with zero attached hydrogens (tertiary/aromatic N) is 1. The van der Waals surface area contributed by atoms with Gasteiger partial charge in [0.15, 0.2) is 5.13 Å². The third-order valence-corrected chi connectivity index (χ3v) is 3.74. The summed E-state index contributed by atoms with van der Waals surface area (Å²) >= 11 is 1.57. The quantitative estimate of drug-likeness (QED) is 0.812. The van der Waals surface area contributed by atoms with Crippen LogP contribution in [0.4, 0.5) is 5.13 Å². The Balaban J connectivity index is 1.88.